The molecule has 0 aliphatic carbocycles. The normalized spacial score (nSPS) is 16.2. The molecule has 21 nitrogen and oxygen atoms in total. The molecule has 1 heterocycles. The maximum atomic E-state index is 13.2. The van der Waals surface area contributed by atoms with Gasteiger partial charge in [-0.05, 0) is 77.0 Å². The zero-order valence-electron chi connectivity index (χ0n) is 40.3. The number of rotatable bonds is 23. The lowest BCUT2D eigenvalue weighted by molar-refractivity contribution is 0.0489. The average Bonchev–Trinajstić information content (AvgIpc) is 3.65. The Morgan fingerprint density at radius 2 is 1.03 bits per heavy atom. The quantitative estimate of drug-likeness (QED) is 0.0723. The lowest BCUT2D eigenvalue weighted by Gasteiger charge is -2.29. The second kappa shape index (κ2) is 28.6. The summed E-state index contributed by atoms with van der Waals surface area (Å²) in [4.78, 5) is 90.3. The number of hydrogen-bond acceptors (Lipinski definition) is 8. The fourth-order valence-electron chi connectivity index (χ4n) is 6.70. The molecular weight excluding hydrogens is 815 g/mol. The first-order valence-corrected chi connectivity index (χ1v) is 22.6. The van der Waals surface area contributed by atoms with Gasteiger partial charge < -0.3 is 73.4 Å². The summed E-state index contributed by atoms with van der Waals surface area (Å²) < 4.78 is 5.38. The Morgan fingerprint density at radius 3 is 1.56 bits per heavy atom. The van der Waals surface area contributed by atoms with Crippen molar-refractivity contribution in [2.75, 3.05) is 52.9 Å². The Hall–Kier alpha value is -5.11. The number of carbonyl (C=O) groups excluding carboxylic acids is 7. The number of amides is 13. The molecule has 0 aromatic carbocycles. The van der Waals surface area contributed by atoms with E-state index in [4.69, 9.17) is 4.74 Å². The van der Waals surface area contributed by atoms with Gasteiger partial charge >= 0.3 is 42.3 Å². The molecule has 12 N–H and O–H groups in total. The van der Waals surface area contributed by atoms with Crippen LogP contribution in [0.15, 0.2) is 0 Å². The zero-order valence-corrected chi connectivity index (χ0v) is 40.3. The smallest absolute Gasteiger partial charge is 0.407 e. The predicted molar refractivity (Wildman–Crippen MR) is 244 cm³/mol. The van der Waals surface area contributed by atoms with Crippen LogP contribution in [0.4, 0.5) is 33.6 Å². The highest BCUT2D eigenvalue weighted by atomic mass is 16.6. The lowest BCUT2D eigenvalue weighted by atomic mass is 10.0. The van der Waals surface area contributed by atoms with Gasteiger partial charge in [-0.25, -0.2) is 33.6 Å². The molecule has 1 fully saturated rings. The van der Waals surface area contributed by atoms with E-state index in [2.05, 4.69) is 63.8 Å². The van der Waals surface area contributed by atoms with Crippen molar-refractivity contribution in [2.45, 2.75) is 151 Å². The van der Waals surface area contributed by atoms with Gasteiger partial charge in [-0.3, -0.25) is 0 Å². The summed E-state index contributed by atoms with van der Waals surface area (Å²) in [6.07, 6.45) is 2.22. The molecule has 0 saturated carbocycles. The summed E-state index contributed by atoms with van der Waals surface area (Å²) in [5.41, 5.74) is -0.645. The minimum Gasteiger partial charge on any atom is -0.444 e. The third-order valence-corrected chi connectivity index (χ3v) is 10.1. The van der Waals surface area contributed by atoms with Crippen molar-refractivity contribution in [2.24, 2.45) is 23.7 Å². The topological polar surface area (TPSA) is 276 Å². The van der Waals surface area contributed by atoms with E-state index in [-0.39, 0.29) is 99.2 Å². The Morgan fingerprint density at radius 1 is 0.571 bits per heavy atom. The molecule has 13 amide bonds. The summed E-state index contributed by atoms with van der Waals surface area (Å²) in [5.74, 6) is 0.509. The van der Waals surface area contributed by atoms with E-state index in [0.29, 0.717) is 19.4 Å². The number of hydrogen-bond donors (Lipinski definition) is 12. The fraction of sp³-hybridized carbons (Fsp3) is 0.833. The highest BCUT2D eigenvalue weighted by molar-refractivity contribution is 5.78. The largest absolute Gasteiger partial charge is 0.444 e. The Kier molecular flexibility index (Phi) is 25.3. The van der Waals surface area contributed by atoms with Crippen molar-refractivity contribution in [1.29, 1.82) is 0 Å². The predicted octanol–water partition coefficient (Wildman–Crippen LogP) is 3.08. The number of likely N-dealkylation sites (tertiary alicyclic amines) is 1. The first-order chi connectivity index (χ1) is 29.4. The molecule has 1 rings (SSSR count). The van der Waals surface area contributed by atoms with Gasteiger partial charge in [0.25, 0.3) is 0 Å². The van der Waals surface area contributed by atoms with E-state index < -0.39 is 47.9 Å². The van der Waals surface area contributed by atoms with E-state index in [1.54, 1.807) is 32.6 Å². The second-order valence-corrected chi connectivity index (χ2v) is 19.0. The van der Waals surface area contributed by atoms with Crippen molar-refractivity contribution in [3.05, 3.63) is 0 Å². The van der Waals surface area contributed by atoms with Crippen LogP contribution in [0.5, 0.6) is 0 Å². The van der Waals surface area contributed by atoms with Gasteiger partial charge in [-0.1, -0.05) is 55.4 Å². The molecule has 63 heavy (non-hydrogen) atoms. The minimum atomic E-state index is -0.645. The molecule has 21 heteroatoms. The van der Waals surface area contributed by atoms with Crippen LogP contribution >= 0.6 is 0 Å². The summed E-state index contributed by atoms with van der Waals surface area (Å²) >= 11 is 0. The summed E-state index contributed by atoms with van der Waals surface area (Å²) in [6, 6.07) is -4.42. The van der Waals surface area contributed by atoms with Crippen molar-refractivity contribution in [3.63, 3.8) is 0 Å². The van der Waals surface area contributed by atoms with Crippen molar-refractivity contribution in [1.82, 2.24) is 68.7 Å². The van der Waals surface area contributed by atoms with Crippen molar-refractivity contribution in [3.8, 4) is 0 Å². The summed E-state index contributed by atoms with van der Waals surface area (Å²) in [6.45, 7) is 24.6. The summed E-state index contributed by atoms with van der Waals surface area (Å²) in [7, 11) is 1.52. The van der Waals surface area contributed by atoms with Gasteiger partial charge in [-0.2, -0.15) is 0 Å². The highest BCUT2D eigenvalue weighted by Crippen LogP contribution is 2.17. The van der Waals surface area contributed by atoms with Crippen molar-refractivity contribution >= 4 is 42.3 Å². The van der Waals surface area contributed by atoms with Gasteiger partial charge in [0, 0.05) is 71.0 Å². The molecule has 0 aromatic rings. The van der Waals surface area contributed by atoms with Crippen LogP contribution < -0.4 is 63.8 Å². The van der Waals surface area contributed by atoms with Gasteiger partial charge in [0.2, 0.25) is 0 Å². The van der Waals surface area contributed by atoms with E-state index >= 15 is 0 Å². The zero-order chi connectivity index (χ0) is 47.9. The van der Waals surface area contributed by atoms with Crippen LogP contribution in [0.1, 0.15) is 109 Å². The molecule has 364 valence electrons. The number of nitrogens with zero attached hydrogens (tertiary/aromatic N) is 1. The van der Waals surface area contributed by atoms with Gasteiger partial charge in [0.15, 0.2) is 0 Å². The molecular formula is C42H83N13O8. The van der Waals surface area contributed by atoms with E-state index in [1.165, 1.54) is 7.05 Å². The first kappa shape index (κ1) is 55.9. The van der Waals surface area contributed by atoms with Gasteiger partial charge in [0.05, 0.1) is 18.1 Å². The van der Waals surface area contributed by atoms with E-state index in [9.17, 15) is 33.6 Å². The molecule has 1 saturated heterocycles. The number of alkyl carbamates (subject to hydrolysis) is 1. The second-order valence-electron chi connectivity index (χ2n) is 19.0. The van der Waals surface area contributed by atoms with Crippen molar-refractivity contribution < 1.29 is 38.3 Å². The standard InChI is InChI=1S/C42H83N13O8/c1-25(2)17-30(20-45-35(56)43-13)51-37(58)44-19-29(9)50-36(57)48-23-33(27(5)6)53-39(60)46-21-31(18-26(3)4)52-38(59)47-22-32-15-14-16-55(32)40(61)49-24-34(28(7)8)54-41(62)63-42(10,11)12/h25-34H,14-24H2,1-13H3,(H,49,61)(H,54,62)(H2,43,45,56)(H2,44,51,58)(H2,46,53,60)(H2,47,52,59)(H2,48,50,57)/t29-,30-,31-,32-,33+,34+/m0/s1. The maximum absolute atomic E-state index is 13.2. The third kappa shape index (κ3) is 25.6. The average molecular weight is 898 g/mol. The number of urea groups is 6. The van der Waals surface area contributed by atoms with E-state index in [0.717, 1.165) is 12.8 Å². The number of nitrogens with one attached hydrogen (secondary N) is 12. The van der Waals surface area contributed by atoms with Crippen LogP contribution in [0.2, 0.25) is 0 Å². The first-order valence-electron chi connectivity index (χ1n) is 22.6. The van der Waals surface area contributed by atoms with Gasteiger partial charge in [0.1, 0.15) is 5.60 Å². The Balaban J connectivity index is 2.60. The third-order valence-electron chi connectivity index (χ3n) is 10.1. The molecule has 6 atom stereocenters. The van der Waals surface area contributed by atoms with Crippen LogP contribution in [-0.2, 0) is 4.74 Å². The highest BCUT2D eigenvalue weighted by Gasteiger charge is 2.31. The van der Waals surface area contributed by atoms with Crippen LogP contribution in [-0.4, -0.2) is 142 Å². The molecule has 0 unspecified atom stereocenters. The molecule has 0 aromatic heterocycles. The maximum Gasteiger partial charge on any atom is 0.407 e. The molecule has 1 aliphatic heterocycles. The minimum absolute atomic E-state index is 0.0337. The van der Waals surface area contributed by atoms with Gasteiger partial charge in [-0.15, -0.1) is 0 Å². The van der Waals surface area contributed by atoms with Crippen LogP contribution in [0, 0.1) is 23.7 Å². The molecule has 0 bridgehead atoms. The lowest BCUT2D eigenvalue weighted by Crippen LogP contribution is -2.55. The van der Waals surface area contributed by atoms with Crippen LogP contribution in [0.3, 0.4) is 0 Å². The number of carbonyl (C=O) groups is 7. The van der Waals surface area contributed by atoms with E-state index in [1.807, 2.05) is 55.4 Å². The monoisotopic (exact) mass is 898 g/mol. The Bertz CT molecular complexity index is 1440. The fourth-order valence-corrected chi connectivity index (χ4v) is 6.70. The molecule has 1 aliphatic rings. The molecule has 0 radical (unpaired) electrons. The molecule has 0 spiro atoms. The SMILES string of the molecule is CNC(=O)NC[C@H](CC(C)C)NC(=O)NC[C@H](C)NC(=O)NC[C@@H](NC(=O)NC[C@H](CC(C)C)NC(=O)NC[C@@H]1CCCN1C(=O)NC[C@@H](NC(=O)OC(C)(C)C)C(C)C)C(C)C. The Labute approximate surface area is 375 Å². The summed E-state index contributed by atoms with van der Waals surface area (Å²) in [5, 5.41) is 33.8. The van der Waals surface area contributed by atoms with Crippen LogP contribution in [0.25, 0.3) is 0 Å². The number of ether oxygens (including phenoxy) is 1.